The zero-order chi connectivity index (χ0) is 5.86. The van der Waals surface area contributed by atoms with E-state index >= 15 is 0 Å². The van der Waals surface area contributed by atoms with Crippen molar-refractivity contribution in [1.82, 2.24) is 0 Å². The molecule has 3 nitrogen and oxygen atoms in total. The van der Waals surface area contributed by atoms with E-state index in [9.17, 15) is 0 Å². The number of aliphatic hydroxyl groups is 1. The number of hydrogen-bond donors (Lipinski definition) is 2. The molecule has 4 heteroatoms. The van der Waals surface area contributed by atoms with Crippen LogP contribution in [0.5, 0.6) is 0 Å². The Hall–Kier alpha value is -0.220. The summed E-state index contributed by atoms with van der Waals surface area (Å²) in [6.07, 6.45) is 0. The first kappa shape index (κ1) is 6.78. The van der Waals surface area contributed by atoms with Gasteiger partial charge in [-0.2, -0.15) is 5.90 Å². The Kier molecular flexibility index (Phi) is 2.78. The molecule has 0 aliphatic carbocycles. The number of nitrogens with two attached hydrogens (primary N) is 1. The Morgan fingerprint density at radius 2 is 2.29 bits per heavy atom. The lowest BCUT2D eigenvalue weighted by molar-refractivity contribution is 0.0931. The normalized spacial score (nSPS) is 13.0. The summed E-state index contributed by atoms with van der Waals surface area (Å²) in [5, 5.41) is 8.42. The van der Waals surface area contributed by atoms with Crippen LogP contribution in [-0.4, -0.2) is 5.11 Å². The van der Waals surface area contributed by atoms with E-state index in [1.54, 1.807) is 6.92 Å². The van der Waals surface area contributed by atoms with Crippen molar-refractivity contribution in [3.63, 3.8) is 0 Å². The molecule has 0 aliphatic heterocycles. The van der Waals surface area contributed by atoms with Crippen molar-refractivity contribution in [2.75, 3.05) is 0 Å². The van der Waals surface area contributed by atoms with Crippen molar-refractivity contribution in [1.29, 1.82) is 0 Å². The molecule has 0 saturated heterocycles. The molecule has 0 atom stereocenters. The van der Waals surface area contributed by atoms with Crippen LogP contribution in [0.4, 0.5) is 0 Å². The van der Waals surface area contributed by atoms with Gasteiger partial charge in [-0.15, -0.1) is 0 Å². The number of allylic oxidation sites excluding steroid dienone is 1. The van der Waals surface area contributed by atoms with Crippen LogP contribution in [-0.2, 0) is 4.84 Å². The highest BCUT2D eigenvalue weighted by molar-refractivity contribution is 9.11. The molecule has 0 fully saturated rings. The fourth-order valence-electron chi connectivity index (χ4n) is 0.0812. The summed E-state index contributed by atoms with van der Waals surface area (Å²) in [7, 11) is 0. The summed E-state index contributed by atoms with van der Waals surface area (Å²) in [6.45, 7) is 1.61. The van der Waals surface area contributed by atoms with Gasteiger partial charge in [-0.3, -0.25) is 0 Å². The van der Waals surface area contributed by atoms with Crippen LogP contribution in [0.3, 0.4) is 0 Å². The first-order chi connectivity index (χ1) is 3.18. The molecule has 0 saturated carbocycles. The van der Waals surface area contributed by atoms with Gasteiger partial charge in [-0.05, 0) is 22.9 Å². The Bertz CT molecular complexity index is 86.9. The molecule has 42 valence electrons. The fourth-order valence-corrected chi connectivity index (χ4v) is 0.175. The summed E-state index contributed by atoms with van der Waals surface area (Å²) < 4.78 is 0.481. The molecular formula is C3H6BrNO2. The van der Waals surface area contributed by atoms with Gasteiger partial charge in [0.1, 0.15) is 0 Å². The third kappa shape index (κ3) is 2.47. The zero-order valence-corrected chi connectivity index (χ0v) is 5.40. The average molecular weight is 168 g/mol. The van der Waals surface area contributed by atoms with Crippen molar-refractivity contribution >= 4 is 15.9 Å². The molecule has 0 bridgehead atoms. The predicted molar refractivity (Wildman–Crippen MR) is 29.5 cm³/mol. The Morgan fingerprint density at radius 3 is 2.29 bits per heavy atom. The Labute approximate surface area is 49.8 Å². The zero-order valence-electron chi connectivity index (χ0n) is 3.81. The second-order valence-electron chi connectivity index (χ2n) is 0.956. The maximum atomic E-state index is 8.42. The Morgan fingerprint density at radius 1 is 1.86 bits per heavy atom. The maximum Gasteiger partial charge on any atom is 0.306 e. The van der Waals surface area contributed by atoms with Crippen molar-refractivity contribution in [3.05, 3.63) is 10.4 Å². The number of hydrogen-bond acceptors (Lipinski definition) is 3. The SMILES string of the molecule is C/C(Br)=C(/O)ON. The van der Waals surface area contributed by atoms with Crippen LogP contribution in [0.25, 0.3) is 0 Å². The van der Waals surface area contributed by atoms with Gasteiger partial charge >= 0.3 is 5.95 Å². The van der Waals surface area contributed by atoms with E-state index in [1.165, 1.54) is 0 Å². The standard InChI is InChI=1S/C3H6BrNO2/c1-2(4)3(6)7-5/h6H,5H2,1H3/b3-2+. The monoisotopic (exact) mass is 167 g/mol. The quantitative estimate of drug-likeness (QED) is 0.453. The maximum absolute atomic E-state index is 8.42. The first-order valence-corrected chi connectivity index (χ1v) is 2.40. The van der Waals surface area contributed by atoms with Crippen molar-refractivity contribution < 1.29 is 9.94 Å². The van der Waals surface area contributed by atoms with E-state index in [2.05, 4.69) is 26.7 Å². The molecule has 0 unspecified atom stereocenters. The molecule has 0 aromatic carbocycles. The van der Waals surface area contributed by atoms with Crippen LogP contribution in [0.1, 0.15) is 6.92 Å². The second-order valence-corrected chi connectivity index (χ2v) is 2.15. The second kappa shape index (κ2) is 2.87. The van der Waals surface area contributed by atoms with Crippen molar-refractivity contribution in [2.24, 2.45) is 5.90 Å². The lowest BCUT2D eigenvalue weighted by atomic mass is 10.7. The highest BCUT2D eigenvalue weighted by Gasteiger charge is 1.91. The van der Waals surface area contributed by atoms with Crippen LogP contribution in [0.2, 0.25) is 0 Å². The minimum absolute atomic E-state index is 0.292. The minimum Gasteiger partial charge on any atom is -0.479 e. The molecule has 0 rings (SSSR count). The molecule has 0 spiro atoms. The predicted octanol–water partition coefficient (Wildman–Crippen LogP) is 1.02. The van der Waals surface area contributed by atoms with Gasteiger partial charge in [0.05, 0.1) is 4.48 Å². The molecule has 0 amide bonds. The molecule has 0 aliphatic rings. The van der Waals surface area contributed by atoms with E-state index in [1.807, 2.05) is 0 Å². The van der Waals surface area contributed by atoms with Gasteiger partial charge in [0.25, 0.3) is 0 Å². The fraction of sp³-hybridized carbons (Fsp3) is 0.333. The molecule has 3 N–H and O–H groups in total. The number of aliphatic hydroxyl groups excluding tert-OH is 1. The topological polar surface area (TPSA) is 55.5 Å². The van der Waals surface area contributed by atoms with E-state index in [-0.39, 0.29) is 5.95 Å². The van der Waals surface area contributed by atoms with Crippen molar-refractivity contribution in [2.45, 2.75) is 6.92 Å². The largest absolute Gasteiger partial charge is 0.479 e. The van der Waals surface area contributed by atoms with Crippen LogP contribution in [0, 0.1) is 0 Å². The average Bonchev–Trinajstić information content (AvgIpc) is 1.65. The number of halogens is 1. The van der Waals surface area contributed by atoms with Gasteiger partial charge in [-0.1, -0.05) is 0 Å². The molecule has 0 radical (unpaired) electrons. The van der Waals surface area contributed by atoms with Crippen LogP contribution in [0.15, 0.2) is 10.4 Å². The smallest absolute Gasteiger partial charge is 0.306 e. The molecular weight excluding hydrogens is 162 g/mol. The first-order valence-electron chi connectivity index (χ1n) is 1.60. The summed E-state index contributed by atoms with van der Waals surface area (Å²) in [6, 6.07) is 0. The van der Waals surface area contributed by atoms with E-state index < -0.39 is 0 Å². The molecule has 7 heavy (non-hydrogen) atoms. The van der Waals surface area contributed by atoms with Gasteiger partial charge in [0.15, 0.2) is 0 Å². The highest BCUT2D eigenvalue weighted by atomic mass is 79.9. The van der Waals surface area contributed by atoms with E-state index in [0.29, 0.717) is 4.48 Å². The van der Waals surface area contributed by atoms with Gasteiger partial charge in [0.2, 0.25) is 0 Å². The molecule has 0 aromatic heterocycles. The summed E-state index contributed by atoms with van der Waals surface area (Å²) in [5.41, 5.74) is 0. The van der Waals surface area contributed by atoms with Crippen LogP contribution >= 0.6 is 15.9 Å². The summed E-state index contributed by atoms with van der Waals surface area (Å²) in [4.78, 5) is 3.90. The summed E-state index contributed by atoms with van der Waals surface area (Å²) in [5.74, 6) is 4.24. The van der Waals surface area contributed by atoms with E-state index in [0.717, 1.165) is 0 Å². The van der Waals surface area contributed by atoms with Crippen molar-refractivity contribution in [3.8, 4) is 0 Å². The summed E-state index contributed by atoms with van der Waals surface area (Å²) >= 11 is 2.92. The third-order valence-corrected chi connectivity index (χ3v) is 0.746. The van der Waals surface area contributed by atoms with Gasteiger partial charge in [-0.25, -0.2) is 0 Å². The number of rotatable bonds is 1. The third-order valence-electron chi connectivity index (χ3n) is 0.406. The minimum atomic E-state index is -0.292. The van der Waals surface area contributed by atoms with Crippen LogP contribution < -0.4 is 5.90 Å². The lowest BCUT2D eigenvalue weighted by Gasteiger charge is -1.93. The highest BCUT2D eigenvalue weighted by Crippen LogP contribution is 2.06. The Balaban J connectivity index is 3.72. The van der Waals surface area contributed by atoms with Gasteiger partial charge in [0, 0.05) is 0 Å². The van der Waals surface area contributed by atoms with Gasteiger partial charge < -0.3 is 9.94 Å². The molecule has 0 aromatic rings. The lowest BCUT2D eigenvalue weighted by Crippen LogP contribution is -1.98. The molecule has 0 heterocycles. The van der Waals surface area contributed by atoms with E-state index in [4.69, 9.17) is 5.11 Å².